The third kappa shape index (κ3) is 3.54. The van der Waals surface area contributed by atoms with Gasteiger partial charge in [0, 0.05) is 5.56 Å². The zero-order chi connectivity index (χ0) is 21.2. The number of aryl methyl sites for hydroxylation is 2. The molecular weight excluding hydrogens is 370 g/mol. The Labute approximate surface area is 160 Å². The van der Waals surface area contributed by atoms with Crippen LogP contribution in [0.4, 0.5) is 0 Å². The average Bonchev–Trinajstić information content (AvgIpc) is 2.62. The standard InChI is InChI=1S/C19H19NO8/c1-8-5-12(21)11(7-20-26)17(23)15(8)19(25)28-13-6-9(2)14(18(24)27-4)16(22)10(13)3/h5-7,21-23,26H,1-4H3. The van der Waals surface area contributed by atoms with Gasteiger partial charge in [-0.1, -0.05) is 5.16 Å². The first-order valence-corrected chi connectivity index (χ1v) is 8.00. The second kappa shape index (κ2) is 7.87. The van der Waals surface area contributed by atoms with Gasteiger partial charge >= 0.3 is 11.9 Å². The molecule has 28 heavy (non-hydrogen) atoms. The number of hydrogen-bond donors (Lipinski definition) is 4. The molecule has 0 aliphatic carbocycles. The third-order valence-corrected chi connectivity index (χ3v) is 4.20. The fraction of sp³-hybridized carbons (Fsp3) is 0.211. The number of benzene rings is 2. The number of hydrogen-bond acceptors (Lipinski definition) is 9. The Morgan fingerprint density at radius 2 is 1.54 bits per heavy atom. The molecule has 2 aromatic rings. The van der Waals surface area contributed by atoms with E-state index in [1.165, 1.54) is 40.0 Å². The van der Waals surface area contributed by atoms with Gasteiger partial charge < -0.3 is 30.0 Å². The molecule has 4 N–H and O–H groups in total. The van der Waals surface area contributed by atoms with Crippen molar-refractivity contribution in [3.05, 3.63) is 45.5 Å². The van der Waals surface area contributed by atoms with Crippen LogP contribution in [0.25, 0.3) is 0 Å². The van der Waals surface area contributed by atoms with Crippen molar-refractivity contribution in [2.45, 2.75) is 20.8 Å². The molecule has 0 saturated carbocycles. The van der Waals surface area contributed by atoms with Gasteiger partial charge in [-0.15, -0.1) is 0 Å². The summed E-state index contributed by atoms with van der Waals surface area (Å²) in [5.74, 6) is -3.17. The number of phenols is 3. The number of rotatable bonds is 4. The summed E-state index contributed by atoms with van der Waals surface area (Å²) in [6.45, 7) is 4.44. The largest absolute Gasteiger partial charge is 0.507 e. The number of carbonyl (C=O) groups excluding carboxylic acids is 2. The summed E-state index contributed by atoms with van der Waals surface area (Å²) in [5, 5.41) is 41.8. The van der Waals surface area contributed by atoms with Gasteiger partial charge in [0.15, 0.2) is 0 Å². The molecule has 0 heterocycles. The number of ether oxygens (including phenoxy) is 2. The van der Waals surface area contributed by atoms with Crippen LogP contribution in [0.3, 0.4) is 0 Å². The van der Waals surface area contributed by atoms with Gasteiger partial charge in [-0.05, 0) is 44.0 Å². The third-order valence-electron chi connectivity index (χ3n) is 4.20. The van der Waals surface area contributed by atoms with Crippen molar-refractivity contribution in [2.24, 2.45) is 5.16 Å². The van der Waals surface area contributed by atoms with E-state index in [2.05, 4.69) is 9.89 Å². The maximum atomic E-state index is 12.6. The van der Waals surface area contributed by atoms with Gasteiger partial charge in [-0.2, -0.15) is 0 Å². The lowest BCUT2D eigenvalue weighted by Gasteiger charge is -2.15. The van der Waals surface area contributed by atoms with Crippen LogP contribution >= 0.6 is 0 Å². The quantitative estimate of drug-likeness (QED) is 0.205. The number of esters is 2. The molecule has 9 nitrogen and oxygen atoms in total. The van der Waals surface area contributed by atoms with E-state index in [0.717, 1.165) is 6.21 Å². The molecule has 0 atom stereocenters. The number of phenolic OH excluding ortho intramolecular Hbond substituents is 3. The first-order chi connectivity index (χ1) is 13.1. The number of carbonyl (C=O) groups is 2. The lowest BCUT2D eigenvalue weighted by Crippen LogP contribution is -2.13. The highest BCUT2D eigenvalue weighted by atomic mass is 16.5. The molecule has 0 bridgehead atoms. The zero-order valence-electron chi connectivity index (χ0n) is 15.6. The van der Waals surface area contributed by atoms with Crippen LogP contribution < -0.4 is 4.74 Å². The SMILES string of the molecule is COC(=O)c1c(C)cc(OC(=O)c2c(C)cc(O)c(C=NO)c2O)c(C)c1O. The Bertz CT molecular complexity index is 994. The Morgan fingerprint density at radius 3 is 2.11 bits per heavy atom. The fourth-order valence-corrected chi connectivity index (χ4v) is 2.73. The summed E-state index contributed by atoms with van der Waals surface area (Å²) in [5.41, 5.74) is 0.0628. The van der Waals surface area contributed by atoms with E-state index >= 15 is 0 Å². The smallest absolute Gasteiger partial charge is 0.347 e. The van der Waals surface area contributed by atoms with Crippen LogP contribution in [0.1, 0.15) is 43.0 Å². The molecule has 0 amide bonds. The molecule has 0 aliphatic heterocycles. The van der Waals surface area contributed by atoms with E-state index < -0.39 is 29.2 Å². The Morgan fingerprint density at radius 1 is 0.964 bits per heavy atom. The molecule has 0 aromatic heterocycles. The van der Waals surface area contributed by atoms with E-state index in [9.17, 15) is 24.9 Å². The molecule has 0 aliphatic rings. The van der Waals surface area contributed by atoms with E-state index in [4.69, 9.17) is 9.94 Å². The summed E-state index contributed by atoms with van der Waals surface area (Å²) in [6, 6.07) is 2.57. The molecule has 0 fully saturated rings. The van der Waals surface area contributed by atoms with Crippen molar-refractivity contribution in [1.29, 1.82) is 0 Å². The molecule has 2 rings (SSSR count). The summed E-state index contributed by atoms with van der Waals surface area (Å²) in [7, 11) is 1.17. The molecule has 9 heteroatoms. The minimum Gasteiger partial charge on any atom is -0.507 e. The van der Waals surface area contributed by atoms with Gasteiger partial charge in [0.25, 0.3) is 0 Å². The molecular formula is C19H19NO8. The summed E-state index contributed by atoms with van der Waals surface area (Å²) >= 11 is 0. The van der Waals surface area contributed by atoms with E-state index in [-0.39, 0.29) is 33.6 Å². The fourth-order valence-electron chi connectivity index (χ4n) is 2.73. The summed E-state index contributed by atoms with van der Waals surface area (Å²) in [4.78, 5) is 24.4. The number of nitrogens with zero attached hydrogens (tertiary/aromatic N) is 1. The Kier molecular flexibility index (Phi) is 5.78. The predicted molar refractivity (Wildman–Crippen MR) is 97.8 cm³/mol. The minimum absolute atomic E-state index is 0.0306. The Hall–Kier alpha value is -3.75. The van der Waals surface area contributed by atoms with Crippen LogP contribution in [-0.4, -0.2) is 45.8 Å². The lowest BCUT2D eigenvalue weighted by atomic mass is 10.0. The van der Waals surface area contributed by atoms with Crippen molar-refractivity contribution in [3.63, 3.8) is 0 Å². The van der Waals surface area contributed by atoms with E-state index in [1.807, 2.05) is 0 Å². The van der Waals surface area contributed by atoms with Crippen LogP contribution in [0.5, 0.6) is 23.0 Å². The van der Waals surface area contributed by atoms with Gasteiger partial charge in [0.1, 0.15) is 34.1 Å². The van der Waals surface area contributed by atoms with Crippen molar-refractivity contribution in [1.82, 2.24) is 0 Å². The lowest BCUT2D eigenvalue weighted by molar-refractivity contribution is 0.0596. The summed E-state index contributed by atoms with van der Waals surface area (Å²) < 4.78 is 9.92. The minimum atomic E-state index is -0.977. The number of methoxy groups -OCH3 is 1. The first-order valence-electron chi connectivity index (χ1n) is 8.00. The van der Waals surface area contributed by atoms with Crippen LogP contribution in [0.15, 0.2) is 17.3 Å². The maximum Gasteiger partial charge on any atom is 0.347 e. The molecule has 148 valence electrons. The highest BCUT2D eigenvalue weighted by Gasteiger charge is 2.25. The van der Waals surface area contributed by atoms with Crippen molar-refractivity contribution in [2.75, 3.05) is 7.11 Å². The van der Waals surface area contributed by atoms with E-state index in [0.29, 0.717) is 5.56 Å². The van der Waals surface area contributed by atoms with Crippen LogP contribution in [-0.2, 0) is 4.74 Å². The van der Waals surface area contributed by atoms with Crippen LogP contribution in [0, 0.1) is 20.8 Å². The van der Waals surface area contributed by atoms with Crippen molar-refractivity contribution >= 4 is 18.2 Å². The van der Waals surface area contributed by atoms with Crippen molar-refractivity contribution in [3.8, 4) is 23.0 Å². The van der Waals surface area contributed by atoms with Crippen LogP contribution in [0.2, 0.25) is 0 Å². The zero-order valence-corrected chi connectivity index (χ0v) is 15.6. The predicted octanol–water partition coefficient (Wildman–Crippen LogP) is 2.54. The highest BCUT2D eigenvalue weighted by molar-refractivity contribution is 6.01. The molecule has 0 radical (unpaired) electrons. The second-order valence-electron chi connectivity index (χ2n) is 6.02. The van der Waals surface area contributed by atoms with Gasteiger partial charge in [-0.3, -0.25) is 0 Å². The monoisotopic (exact) mass is 389 g/mol. The molecule has 0 saturated heterocycles. The molecule has 2 aromatic carbocycles. The number of aromatic hydroxyl groups is 3. The van der Waals surface area contributed by atoms with E-state index in [1.54, 1.807) is 0 Å². The second-order valence-corrected chi connectivity index (χ2v) is 6.02. The van der Waals surface area contributed by atoms with Crippen molar-refractivity contribution < 1.29 is 39.6 Å². The van der Waals surface area contributed by atoms with Gasteiger partial charge in [0.05, 0.1) is 18.9 Å². The average molecular weight is 389 g/mol. The molecule has 0 unspecified atom stereocenters. The normalized spacial score (nSPS) is 10.9. The first kappa shape index (κ1) is 20.6. The Balaban J connectivity index is 2.52. The maximum absolute atomic E-state index is 12.6. The summed E-state index contributed by atoms with van der Waals surface area (Å²) in [6.07, 6.45) is 0.771. The highest BCUT2D eigenvalue weighted by Crippen LogP contribution is 2.36. The topological polar surface area (TPSA) is 146 Å². The van der Waals surface area contributed by atoms with Gasteiger partial charge in [0.2, 0.25) is 0 Å². The molecule has 0 spiro atoms. The number of oxime groups is 1. The van der Waals surface area contributed by atoms with Gasteiger partial charge in [-0.25, -0.2) is 9.59 Å².